The van der Waals surface area contributed by atoms with Crippen molar-refractivity contribution in [1.29, 1.82) is 10.5 Å². The van der Waals surface area contributed by atoms with Gasteiger partial charge in [0, 0.05) is 32.6 Å². The van der Waals surface area contributed by atoms with Crippen molar-refractivity contribution >= 4 is 0 Å². The highest BCUT2D eigenvalue weighted by molar-refractivity contribution is 4.93. The predicted octanol–water partition coefficient (Wildman–Crippen LogP) is 1.60. The first-order chi connectivity index (χ1) is 8.31. The van der Waals surface area contributed by atoms with Crippen molar-refractivity contribution in [2.24, 2.45) is 0 Å². The fourth-order valence-corrected chi connectivity index (χ4v) is 2.28. The molecule has 17 heavy (non-hydrogen) atoms. The van der Waals surface area contributed by atoms with Gasteiger partial charge in [-0.3, -0.25) is 4.90 Å². The lowest BCUT2D eigenvalue weighted by molar-refractivity contribution is 0.110. The number of piperazine rings is 1. The van der Waals surface area contributed by atoms with E-state index in [2.05, 4.69) is 28.9 Å². The summed E-state index contributed by atoms with van der Waals surface area (Å²) < 4.78 is 0. The van der Waals surface area contributed by atoms with E-state index in [1.54, 1.807) is 0 Å². The summed E-state index contributed by atoms with van der Waals surface area (Å²) in [5.74, 6) is 0. The molecule has 0 bridgehead atoms. The average molecular weight is 234 g/mol. The van der Waals surface area contributed by atoms with Crippen LogP contribution in [0.5, 0.6) is 0 Å². The summed E-state index contributed by atoms with van der Waals surface area (Å²) in [7, 11) is 0. The van der Waals surface area contributed by atoms with E-state index in [0.717, 1.165) is 52.0 Å². The third kappa shape index (κ3) is 4.73. The number of unbranched alkanes of at least 4 members (excludes halogenated alkanes) is 1. The van der Waals surface area contributed by atoms with E-state index in [-0.39, 0.29) is 6.04 Å². The van der Waals surface area contributed by atoms with Crippen LogP contribution in [0.4, 0.5) is 0 Å². The molecule has 0 aromatic heterocycles. The Bertz CT molecular complexity index is 281. The summed E-state index contributed by atoms with van der Waals surface area (Å²) in [6, 6.07) is 4.68. The van der Waals surface area contributed by atoms with Crippen LogP contribution < -0.4 is 0 Å². The lowest BCUT2D eigenvalue weighted by Crippen LogP contribution is -2.50. The number of hydrogen-bond donors (Lipinski definition) is 0. The number of rotatable bonds is 6. The van der Waals surface area contributed by atoms with Gasteiger partial charge in [-0.15, -0.1) is 0 Å². The van der Waals surface area contributed by atoms with E-state index in [4.69, 9.17) is 10.5 Å². The molecule has 1 aliphatic heterocycles. The van der Waals surface area contributed by atoms with Crippen molar-refractivity contribution in [1.82, 2.24) is 9.80 Å². The second kappa shape index (κ2) is 8.06. The molecular formula is C13H22N4. The van der Waals surface area contributed by atoms with Crippen molar-refractivity contribution in [3.8, 4) is 12.1 Å². The molecule has 1 heterocycles. The molecule has 1 unspecified atom stereocenters. The van der Waals surface area contributed by atoms with Gasteiger partial charge < -0.3 is 4.90 Å². The van der Waals surface area contributed by atoms with Crippen molar-refractivity contribution in [3.63, 3.8) is 0 Å². The minimum atomic E-state index is 0.0984. The molecule has 0 radical (unpaired) electrons. The van der Waals surface area contributed by atoms with Crippen LogP contribution in [0.15, 0.2) is 0 Å². The molecule has 0 spiro atoms. The van der Waals surface area contributed by atoms with Crippen LogP contribution in [0.25, 0.3) is 0 Å². The highest BCUT2D eigenvalue weighted by atomic mass is 15.3. The van der Waals surface area contributed by atoms with Crippen molar-refractivity contribution in [2.45, 2.75) is 38.6 Å². The Hall–Kier alpha value is -1.10. The number of hydrogen-bond acceptors (Lipinski definition) is 4. The lowest BCUT2D eigenvalue weighted by atomic mass is 10.1. The van der Waals surface area contributed by atoms with E-state index in [9.17, 15) is 0 Å². The van der Waals surface area contributed by atoms with Crippen LogP contribution in [0, 0.1) is 22.7 Å². The zero-order valence-electron chi connectivity index (χ0n) is 10.7. The fraction of sp³-hybridized carbons (Fsp3) is 0.846. The van der Waals surface area contributed by atoms with E-state index < -0.39 is 0 Å². The topological polar surface area (TPSA) is 54.1 Å². The van der Waals surface area contributed by atoms with E-state index >= 15 is 0 Å². The molecule has 1 aliphatic rings. The number of nitrogens with zero attached hydrogens (tertiary/aromatic N) is 4. The Morgan fingerprint density at radius 3 is 2.41 bits per heavy atom. The summed E-state index contributed by atoms with van der Waals surface area (Å²) in [5, 5.41) is 17.6. The summed E-state index contributed by atoms with van der Waals surface area (Å²) in [5.41, 5.74) is 0. The Kier molecular flexibility index (Phi) is 6.62. The van der Waals surface area contributed by atoms with E-state index in [0.29, 0.717) is 6.42 Å². The monoisotopic (exact) mass is 234 g/mol. The molecule has 1 saturated heterocycles. The average Bonchev–Trinajstić information content (AvgIpc) is 2.37. The van der Waals surface area contributed by atoms with Gasteiger partial charge in [0.2, 0.25) is 0 Å². The number of nitriles is 2. The maximum atomic E-state index is 9.11. The standard InChI is InChI=1S/C13H22N4/c1-2-5-13(12-15)17-10-8-16(9-11-17)7-4-3-6-14/h13H,2-5,7-11H2,1H3. The fourth-order valence-electron chi connectivity index (χ4n) is 2.28. The van der Waals surface area contributed by atoms with Gasteiger partial charge >= 0.3 is 0 Å². The third-order valence-electron chi connectivity index (χ3n) is 3.32. The first kappa shape index (κ1) is 14.0. The van der Waals surface area contributed by atoms with Gasteiger partial charge in [0.25, 0.3) is 0 Å². The molecule has 94 valence electrons. The van der Waals surface area contributed by atoms with Crippen LogP contribution in [0.1, 0.15) is 32.6 Å². The maximum Gasteiger partial charge on any atom is 0.0978 e. The Morgan fingerprint density at radius 2 is 1.88 bits per heavy atom. The molecule has 0 aromatic carbocycles. The van der Waals surface area contributed by atoms with E-state index in [1.165, 1.54) is 0 Å². The van der Waals surface area contributed by atoms with Crippen LogP contribution in [0.3, 0.4) is 0 Å². The van der Waals surface area contributed by atoms with Crippen molar-refractivity contribution < 1.29 is 0 Å². The predicted molar refractivity (Wildman–Crippen MR) is 67.2 cm³/mol. The molecule has 0 amide bonds. The molecule has 1 rings (SSSR count). The van der Waals surface area contributed by atoms with Crippen LogP contribution >= 0.6 is 0 Å². The van der Waals surface area contributed by atoms with Gasteiger partial charge in [-0.1, -0.05) is 13.3 Å². The first-order valence-corrected chi connectivity index (χ1v) is 6.54. The molecule has 1 fully saturated rings. The minimum Gasteiger partial charge on any atom is -0.301 e. The highest BCUT2D eigenvalue weighted by Gasteiger charge is 2.22. The molecule has 4 heteroatoms. The zero-order valence-corrected chi connectivity index (χ0v) is 10.7. The molecule has 0 aliphatic carbocycles. The third-order valence-corrected chi connectivity index (χ3v) is 3.32. The maximum absolute atomic E-state index is 9.11. The molecule has 0 N–H and O–H groups in total. The van der Waals surface area contributed by atoms with Crippen LogP contribution in [0.2, 0.25) is 0 Å². The smallest absolute Gasteiger partial charge is 0.0978 e. The van der Waals surface area contributed by atoms with Crippen molar-refractivity contribution in [3.05, 3.63) is 0 Å². The summed E-state index contributed by atoms with van der Waals surface area (Å²) in [6.07, 6.45) is 3.66. The molecule has 1 atom stereocenters. The van der Waals surface area contributed by atoms with Gasteiger partial charge in [0.15, 0.2) is 0 Å². The Balaban J connectivity index is 2.25. The molecule has 0 saturated carbocycles. The first-order valence-electron chi connectivity index (χ1n) is 6.54. The van der Waals surface area contributed by atoms with Gasteiger partial charge in [-0.25, -0.2) is 0 Å². The summed E-state index contributed by atoms with van der Waals surface area (Å²) in [4.78, 5) is 4.69. The second-order valence-electron chi connectivity index (χ2n) is 4.57. The quantitative estimate of drug-likeness (QED) is 0.655. The molecule has 0 aromatic rings. The highest BCUT2D eigenvalue weighted by Crippen LogP contribution is 2.10. The zero-order chi connectivity index (χ0) is 12.5. The second-order valence-corrected chi connectivity index (χ2v) is 4.57. The molecule has 4 nitrogen and oxygen atoms in total. The normalized spacial score (nSPS) is 19.5. The van der Waals surface area contributed by atoms with Crippen LogP contribution in [-0.2, 0) is 0 Å². The lowest BCUT2D eigenvalue weighted by Gasteiger charge is -2.36. The molecular weight excluding hydrogens is 212 g/mol. The minimum absolute atomic E-state index is 0.0984. The van der Waals surface area contributed by atoms with E-state index in [1.807, 2.05) is 0 Å². The summed E-state index contributed by atoms with van der Waals surface area (Å²) in [6.45, 7) is 7.20. The van der Waals surface area contributed by atoms with Gasteiger partial charge in [0.05, 0.1) is 18.2 Å². The van der Waals surface area contributed by atoms with Gasteiger partial charge in [0.1, 0.15) is 0 Å². The SMILES string of the molecule is CCCC(C#N)N1CCN(CCCC#N)CC1. The van der Waals surface area contributed by atoms with Crippen molar-refractivity contribution in [2.75, 3.05) is 32.7 Å². The Morgan fingerprint density at radius 1 is 1.18 bits per heavy atom. The summed E-state index contributed by atoms with van der Waals surface area (Å²) >= 11 is 0. The van der Waals surface area contributed by atoms with Gasteiger partial charge in [-0.05, 0) is 19.4 Å². The van der Waals surface area contributed by atoms with Crippen LogP contribution in [-0.4, -0.2) is 48.6 Å². The Labute approximate surface area is 104 Å². The van der Waals surface area contributed by atoms with Gasteiger partial charge in [-0.2, -0.15) is 10.5 Å². The largest absolute Gasteiger partial charge is 0.301 e.